The number of pyridine rings is 1. The Kier molecular flexibility index (Phi) is 2.20. The Morgan fingerprint density at radius 2 is 2.12 bits per heavy atom. The zero-order valence-electron chi connectivity index (χ0n) is 9.27. The van der Waals surface area contributed by atoms with Gasteiger partial charge in [0.2, 0.25) is 0 Å². The summed E-state index contributed by atoms with van der Waals surface area (Å²) in [5.74, 6) is 0. The van der Waals surface area contributed by atoms with Crippen molar-refractivity contribution in [3.63, 3.8) is 0 Å². The topological polar surface area (TPSA) is 48.9 Å². The van der Waals surface area contributed by atoms with E-state index in [2.05, 4.69) is 22.6 Å². The lowest BCUT2D eigenvalue weighted by Crippen LogP contribution is -1.92. The number of aromatic amines is 1. The van der Waals surface area contributed by atoms with Crippen LogP contribution in [0, 0.1) is 0 Å². The van der Waals surface area contributed by atoms with E-state index in [0.717, 1.165) is 27.5 Å². The van der Waals surface area contributed by atoms with Crippen molar-refractivity contribution in [2.24, 2.45) is 0 Å². The van der Waals surface area contributed by atoms with Crippen LogP contribution in [-0.4, -0.2) is 15.1 Å². The van der Waals surface area contributed by atoms with Gasteiger partial charge in [0.25, 0.3) is 0 Å². The Hall–Kier alpha value is -2.13. The van der Waals surface area contributed by atoms with Gasteiger partial charge in [0, 0.05) is 16.3 Å². The molecule has 0 aliphatic carbocycles. The fourth-order valence-corrected chi connectivity index (χ4v) is 2.15. The molecule has 0 fully saturated rings. The lowest BCUT2D eigenvalue weighted by Gasteiger charge is -2.00. The first-order chi connectivity index (χ1) is 8.33. The summed E-state index contributed by atoms with van der Waals surface area (Å²) in [5.41, 5.74) is 3.49. The molecule has 2 N–H and O–H groups in total. The molecule has 0 saturated carbocycles. The van der Waals surface area contributed by atoms with Crippen LogP contribution in [0.2, 0.25) is 0 Å². The van der Waals surface area contributed by atoms with E-state index in [1.165, 1.54) is 0 Å². The Balaban J connectivity index is 2.51. The van der Waals surface area contributed by atoms with Crippen LogP contribution in [0.5, 0.6) is 0 Å². The summed E-state index contributed by atoms with van der Waals surface area (Å²) in [5, 5.41) is 11.4. The summed E-state index contributed by atoms with van der Waals surface area (Å²) < 4.78 is 0. The lowest BCUT2D eigenvalue weighted by atomic mass is 10.1. The highest BCUT2D eigenvalue weighted by Crippen LogP contribution is 2.27. The van der Waals surface area contributed by atoms with Gasteiger partial charge in [-0.1, -0.05) is 24.8 Å². The van der Waals surface area contributed by atoms with Gasteiger partial charge in [0.05, 0.1) is 23.5 Å². The number of H-pyrrole nitrogens is 1. The summed E-state index contributed by atoms with van der Waals surface area (Å²) in [6.07, 6.45) is 1.71. The number of rotatable bonds is 2. The third kappa shape index (κ3) is 1.44. The number of aliphatic hydroxyl groups excluding tert-OH is 1. The summed E-state index contributed by atoms with van der Waals surface area (Å²) in [6.45, 7) is 3.70. The van der Waals surface area contributed by atoms with Crippen molar-refractivity contribution in [3.8, 4) is 0 Å². The minimum Gasteiger partial charge on any atom is -0.390 e. The summed E-state index contributed by atoms with van der Waals surface area (Å²) in [6, 6.07) is 10.00. The number of aliphatic hydroxyl groups is 1. The SMILES string of the molecule is C=Cc1nc(CO)cc2c1[nH]c1ccccc12. The fraction of sp³-hybridized carbons (Fsp3) is 0.0714. The van der Waals surface area contributed by atoms with Gasteiger partial charge in [-0.2, -0.15) is 0 Å². The molecule has 3 aromatic rings. The Labute approximate surface area is 98.4 Å². The molecule has 84 valence electrons. The molecule has 0 radical (unpaired) electrons. The Bertz CT molecular complexity index is 713. The largest absolute Gasteiger partial charge is 0.390 e. The fourth-order valence-electron chi connectivity index (χ4n) is 2.15. The van der Waals surface area contributed by atoms with Crippen LogP contribution in [0.15, 0.2) is 36.9 Å². The number of benzene rings is 1. The molecule has 0 atom stereocenters. The monoisotopic (exact) mass is 224 g/mol. The van der Waals surface area contributed by atoms with Gasteiger partial charge in [-0.05, 0) is 18.2 Å². The number of fused-ring (bicyclic) bond motifs is 3. The summed E-state index contributed by atoms with van der Waals surface area (Å²) in [4.78, 5) is 7.67. The smallest absolute Gasteiger partial charge is 0.0869 e. The van der Waals surface area contributed by atoms with Gasteiger partial charge in [-0.3, -0.25) is 0 Å². The van der Waals surface area contributed by atoms with Gasteiger partial charge < -0.3 is 10.1 Å². The summed E-state index contributed by atoms with van der Waals surface area (Å²) in [7, 11) is 0. The molecule has 0 amide bonds. The van der Waals surface area contributed by atoms with Gasteiger partial charge in [-0.15, -0.1) is 0 Å². The van der Waals surface area contributed by atoms with E-state index < -0.39 is 0 Å². The number of para-hydroxylation sites is 1. The van der Waals surface area contributed by atoms with E-state index >= 15 is 0 Å². The van der Waals surface area contributed by atoms with Crippen molar-refractivity contribution in [3.05, 3.63) is 48.3 Å². The van der Waals surface area contributed by atoms with E-state index in [0.29, 0.717) is 5.69 Å². The van der Waals surface area contributed by atoms with Crippen molar-refractivity contribution in [1.29, 1.82) is 0 Å². The standard InChI is InChI=1S/C14H12N2O/c1-2-12-14-11(7-9(8-17)15-12)10-5-3-4-6-13(10)16-14/h2-7,16-17H,1,8H2. The highest BCUT2D eigenvalue weighted by atomic mass is 16.3. The number of nitrogens with one attached hydrogen (secondary N) is 1. The normalized spacial score (nSPS) is 11.1. The van der Waals surface area contributed by atoms with Crippen molar-refractivity contribution in [2.45, 2.75) is 6.61 Å². The molecule has 1 aromatic carbocycles. The highest BCUT2D eigenvalue weighted by Gasteiger charge is 2.09. The molecular weight excluding hydrogens is 212 g/mol. The second kappa shape index (κ2) is 3.71. The van der Waals surface area contributed by atoms with E-state index in [1.807, 2.05) is 24.3 Å². The second-order valence-electron chi connectivity index (χ2n) is 3.95. The average molecular weight is 224 g/mol. The van der Waals surface area contributed by atoms with Crippen molar-refractivity contribution in [1.82, 2.24) is 9.97 Å². The highest BCUT2D eigenvalue weighted by molar-refractivity contribution is 6.09. The van der Waals surface area contributed by atoms with Crippen molar-refractivity contribution >= 4 is 27.9 Å². The maximum absolute atomic E-state index is 9.22. The lowest BCUT2D eigenvalue weighted by molar-refractivity contribution is 0.277. The molecule has 0 saturated heterocycles. The minimum atomic E-state index is -0.0592. The molecule has 3 heteroatoms. The second-order valence-corrected chi connectivity index (χ2v) is 3.95. The summed E-state index contributed by atoms with van der Waals surface area (Å²) >= 11 is 0. The van der Waals surface area contributed by atoms with Crippen LogP contribution in [0.1, 0.15) is 11.4 Å². The zero-order chi connectivity index (χ0) is 11.8. The molecule has 3 nitrogen and oxygen atoms in total. The third-order valence-corrected chi connectivity index (χ3v) is 2.93. The first-order valence-electron chi connectivity index (χ1n) is 5.47. The van der Waals surface area contributed by atoms with Crippen LogP contribution in [0.25, 0.3) is 27.9 Å². The van der Waals surface area contributed by atoms with Gasteiger partial charge >= 0.3 is 0 Å². The van der Waals surface area contributed by atoms with Crippen molar-refractivity contribution < 1.29 is 5.11 Å². The van der Waals surface area contributed by atoms with Gasteiger partial charge in [-0.25, -0.2) is 4.98 Å². The van der Waals surface area contributed by atoms with Crippen LogP contribution < -0.4 is 0 Å². The van der Waals surface area contributed by atoms with E-state index in [9.17, 15) is 5.11 Å². The molecule has 0 aliphatic heterocycles. The first-order valence-corrected chi connectivity index (χ1v) is 5.47. The molecule has 2 heterocycles. The van der Waals surface area contributed by atoms with Gasteiger partial charge in [0.1, 0.15) is 0 Å². The zero-order valence-corrected chi connectivity index (χ0v) is 9.27. The molecule has 0 spiro atoms. The maximum atomic E-state index is 9.22. The predicted octanol–water partition coefficient (Wildman–Crippen LogP) is 2.85. The number of aromatic nitrogens is 2. The molecule has 17 heavy (non-hydrogen) atoms. The van der Waals surface area contributed by atoms with Crippen molar-refractivity contribution in [2.75, 3.05) is 0 Å². The molecule has 0 bridgehead atoms. The minimum absolute atomic E-state index is 0.0592. The number of hydrogen-bond acceptors (Lipinski definition) is 2. The molecular formula is C14H12N2O. The number of hydrogen-bond donors (Lipinski definition) is 2. The Morgan fingerprint density at radius 3 is 2.88 bits per heavy atom. The average Bonchev–Trinajstić information content (AvgIpc) is 2.76. The van der Waals surface area contributed by atoms with Crippen LogP contribution in [0.4, 0.5) is 0 Å². The van der Waals surface area contributed by atoms with Crippen LogP contribution in [0.3, 0.4) is 0 Å². The molecule has 0 aliphatic rings. The third-order valence-electron chi connectivity index (χ3n) is 2.93. The predicted molar refractivity (Wildman–Crippen MR) is 69.6 cm³/mol. The van der Waals surface area contributed by atoms with E-state index in [-0.39, 0.29) is 6.61 Å². The van der Waals surface area contributed by atoms with Gasteiger partial charge in [0.15, 0.2) is 0 Å². The van der Waals surface area contributed by atoms with E-state index in [1.54, 1.807) is 6.08 Å². The molecule has 3 rings (SSSR count). The first kappa shape index (κ1) is 10.1. The molecule has 2 aromatic heterocycles. The van der Waals surface area contributed by atoms with Crippen LogP contribution in [-0.2, 0) is 6.61 Å². The Morgan fingerprint density at radius 1 is 1.29 bits per heavy atom. The number of nitrogens with zero attached hydrogens (tertiary/aromatic N) is 1. The van der Waals surface area contributed by atoms with E-state index in [4.69, 9.17) is 0 Å². The molecule has 0 unspecified atom stereocenters. The maximum Gasteiger partial charge on any atom is 0.0869 e. The quantitative estimate of drug-likeness (QED) is 0.703. The van der Waals surface area contributed by atoms with Crippen LogP contribution >= 0.6 is 0 Å².